The molecule has 0 radical (unpaired) electrons. The summed E-state index contributed by atoms with van der Waals surface area (Å²) >= 11 is 1.68. The number of benzene rings is 2. The molecule has 1 aliphatic rings. The van der Waals surface area contributed by atoms with Crippen LogP contribution in [0.5, 0.6) is 0 Å². The maximum absolute atomic E-state index is 12.5. The lowest BCUT2D eigenvalue weighted by atomic mass is 10.0. The number of hydrogen-bond acceptors (Lipinski definition) is 2. The van der Waals surface area contributed by atoms with Crippen LogP contribution in [0, 0.1) is 6.92 Å². The molecule has 3 rings (SSSR count). The van der Waals surface area contributed by atoms with Crippen molar-refractivity contribution >= 4 is 23.4 Å². The second-order valence-electron chi connectivity index (χ2n) is 5.10. The highest BCUT2D eigenvalue weighted by atomic mass is 32.2. The largest absolute Gasteiger partial charge is 0.313 e. The third-order valence-electron chi connectivity index (χ3n) is 3.77. The summed E-state index contributed by atoms with van der Waals surface area (Å²) in [6.45, 7) is 2.10. The Morgan fingerprint density at radius 2 is 1.80 bits per heavy atom. The first-order chi connectivity index (χ1) is 9.66. The van der Waals surface area contributed by atoms with Crippen LogP contribution in [0.2, 0.25) is 0 Å². The molecule has 0 fully saturated rings. The number of amides is 1. The summed E-state index contributed by atoms with van der Waals surface area (Å²) in [5.74, 6) is 0.192. The molecule has 1 unspecified atom stereocenters. The molecule has 2 nitrogen and oxygen atoms in total. The van der Waals surface area contributed by atoms with E-state index in [4.69, 9.17) is 0 Å². The summed E-state index contributed by atoms with van der Waals surface area (Å²) in [5, 5.41) is -0.0315. The van der Waals surface area contributed by atoms with Crippen LogP contribution >= 0.6 is 11.8 Å². The molecule has 1 heterocycles. The highest BCUT2D eigenvalue weighted by Crippen LogP contribution is 2.39. The quantitative estimate of drug-likeness (QED) is 0.838. The number of nitrogens with zero attached hydrogens (tertiary/aromatic N) is 1. The van der Waals surface area contributed by atoms with Gasteiger partial charge in [-0.05, 0) is 36.6 Å². The Hall–Kier alpha value is -1.74. The van der Waals surface area contributed by atoms with Crippen LogP contribution in [-0.4, -0.2) is 18.2 Å². The van der Waals surface area contributed by atoms with E-state index in [0.717, 1.165) is 12.1 Å². The Balaban J connectivity index is 1.89. The summed E-state index contributed by atoms with van der Waals surface area (Å²) in [5.41, 5.74) is 3.53. The standard InChI is InChI=1S/C17H17NOS/c1-12-7-3-4-8-13(12)11-16-17(19)18(2)14-9-5-6-10-15(14)20-16/h3-10,16H,11H2,1-2H3. The molecule has 0 aliphatic carbocycles. The molecule has 2 aromatic rings. The van der Waals surface area contributed by atoms with Crippen LogP contribution in [0.4, 0.5) is 5.69 Å². The zero-order chi connectivity index (χ0) is 14.1. The number of anilines is 1. The van der Waals surface area contributed by atoms with Crippen molar-refractivity contribution in [1.82, 2.24) is 0 Å². The summed E-state index contributed by atoms with van der Waals surface area (Å²) in [7, 11) is 1.87. The molecule has 0 spiro atoms. The fourth-order valence-electron chi connectivity index (χ4n) is 2.54. The van der Waals surface area contributed by atoms with Crippen molar-refractivity contribution in [2.45, 2.75) is 23.5 Å². The van der Waals surface area contributed by atoms with Crippen molar-refractivity contribution in [3.63, 3.8) is 0 Å². The second-order valence-corrected chi connectivity index (χ2v) is 6.35. The highest BCUT2D eigenvalue weighted by Gasteiger charge is 2.31. The lowest BCUT2D eigenvalue weighted by Crippen LogP contribution is -2.39. The first kappa shape index (κ1) is 13.3. The molecule has 0 saturated heterocycles. The predicted molar refractivity (Wildman–Crippen MR) is 84.4 cm³/mol. The third kappa shape index (κ3) is 2.34. The molecular formula is C17H17NOS. The molecule has 1 atom stereocenters. The summed E-state index contributed by atoms with van der Waals surface area (Å²) < 4.78 is 0. The van der Waals surface area contributed by atoms with Gasteiger partial charge >= 0.3 is 0 Å². The number of para-hydroxylation sites is 1. The van der Waals surface area contributed by atoms with Gasteiger partial charge in [0.25, 0.3) is 0 Å². The second kappa shape index (κ2) is 5.33. The van der Waals surface area contributed by atoms with E-state index in [-0.39, 0.29) is 11.2 Å². The van der Waals surface area contributed by atoms with Gasteiger partial charge in [-0.3, -0.25) is 4.79 Å². The average molecular weight is 283 g/mol. The van der Waals surface area contributed by atoms with Gasteiger partial charge in [-0.2, -0.15) is 0 Å². The Morgan fingerprint density at radius 1 is 1.10 bits per heavy atom. The smallest absolute Gasteiger partial charge is 0.240 e. The van der Waals surface area contributed by atoms with E-state index in [9.17, 15) is 4.79 Å². The molecule has 0 N–H and O–H groups in total. The van der Waals surface area contributed by atoms with Crippen LogP contribution in [0.1, 0.15) is 11.1 Å². The number of rotatable bonds is 2. The Kier molecular flexibility index (Phi) is 3.53. The number of carbonyl (C=O) groups is 1. The minimum atomic E-state index is -0.0315. The maximum Gasteiger partial charge on any atom is 0.240 e. The molecule has 20 heavy (non-hydrogen) atoms. The van der Waals surface area contributed by atoms with Gasteiger partial charge in [0.05, 0.1) is 10.9 Å². The Labute approximate surface area is 123 Å². The summed E-state index contributed by atoms with van der Waals surface area (Å²) in [6.07, 6.45) is 0.787. The molecule has 3 heteroatoms. The minimum absolute atomic E-state index is 0.0315. The van der Waals surface area contributed by atoms with Crippen LogP contribution in [-0.2, 0) is 11.2 Å². The van der Waals surface area contributed by atoms with E-state index >= 15 is 0 Å². The Morgan fingerprint density at radius 3 is 2.60 bits per heavy atom. The van der Waals surface area contributed by atoms with E-state index in [2.05, 4.69) is 25.1 Å². The van der Waals surface area contributed by atoms with Crippen molar-refractivity contribution in [3.05, 3.63) is 59.7 Å². The van der Waals surface area contributed by atoms with Crippen LogP contribution in [0.15, 0.2) is 53.4 Å². The van der Waals surface area contributed by atoms with Gasteiger partial charge in [0.2, 0.25) is 5.91 Å². The average Bonchev–Trinajstić information content (AvgIpc) is 2.47. The van der Waals surface area contributed by atoms with Crippen molar-refractivity contribution in [3.8, 4) is 0 Å². The van der Waals surface area contributed by atoms with Gasteiger partial charge in [-0.25, -0.2) is 0 Å². The number of aryl methyl sites for hydroxylation is 1. The zero-order valence-electron chi connectivity index (χ0n) is 11.7. The molecule has 0 bridgehead atoms. The minimum Gasteiger partial charge on any atom is -0.313 e. The number of thioether (sulfide) groups is 1. The van der Waals surface area contributed by atoms with Crippen molar-refractivity contribution in [1.29, 1.82) is 0 Å². The summed E-state index contributed by atoms with van der Waals surface area (Å²) in [4.78, 5) is 15.5. The van der Waals surface area contributed by atoms with Gasteiger partial charge in [0.1, 0.15) is 0 Å². The molecule has 2 aromatic carbocycles. The SMILES string of the molecule is Cc1ccccc1CC1Sc2ccccc2N(C)C1=O. The summed E-state index contributed by atoms with van der Waals surface area (Å²) in [6, 6.07) is 16.4. The maximum atomic E-state index is 12.5. The first-order valence-corrected chi connectivity index (χ1v) is 7.62. The fraction of sp³-hybridized carbons (Fsp3) is 0.235. The van der Waals surface area contributed by atoms with Gasteiger partial charge < -0.3 is 4.90 Å². The van der Waals surface area contributed by atoms with Crippen LogP contribution < -0.4 is 4.90 Å². The van der Waals surface area contributed by atoms with Crippen molar-refractivity contribution in [2.75, 3.05) is 11.9 Å². The lowest BCUT2D eigenvalue weighted by Gasteiger charge is -2.31. The van der Waals surface area contributed by atoms with Gasteiger partial charge in [-0.1, -0.05) is 36.4 Å². The normalized spacial score (nSPS) is 18.0. The van der Waals surface area contributed by atoms with Crippen LogP contribution in [0.3, 0.4) is 0 Å². The monoisotopic (exact) mass is 283 g/mol. The molecular weight excluding hydrogens is 266 g/mol. The van der Waals surface area contributed by atoms with E-state index < -0.39 is 0 Å². The molecule has 102 valence electrons. The molecule has 0 saturated carbocycles. The number of carbonyl (C=O) groups excluding carboxylic acids is 1. The van der Waals surface area contributed by atoms with Gasteiger partial charge in [-0.15, -0.1) is 11.8 Å². The Bertz CT molecular complexity index is 653. The van der Waals surface area contributed by atoms with E-state index in [1.165, 1.54) is 16.0 Å². The van der Waals surface area contributed by atoms with Crippen LogP contribution in [0.25, 0.3) is 0 Å². The zero-order valence-corrected chi connectivity index (χ0v) is 12.5. The fourth-order valence-corrected chi connectivity index (χ4v) is 3.85. The number of hydrogen-bond donors (Lipinski definition) is 0. The third-order valence-corrected chi connectivity index (χ3v) is 5.02. The predicted octanol–water partition coefficient (Wildman–Crippen LogP) is 3.67. The number of fused-ring (bicyclic) bond motifs is 1. The van der Waals surface area contributed by atoms with E-state index in [0.29, 0.717) is 0 Å². The van der Waals surface area contributed by atoms with Crippen molar-refractivity contribution < 1.29 is 4.79 Å². The van der Waals surface area contributed by atoms with Gasteiger partial charge in [0, 0.05) is 11.9 Å². The molecule has 1 amide bonds. The highest BCUT2D eigenvalue weighted by molar-refractivity contribution is 8.01. The van der Waals surface area contributed by atoms with Crippen molar-refractivity contribution in [2.24, 2.45) is 0 Å². The van der Waals surface area contributed by atoms with Gasteiger partial charge in [0.15, 0.2) is 0 Å². The molecule has 1 aliphatic heterocycles. The lowest BCUT2D eigenvalue weighted by molar-refractivity contribution is -0.117. The topological polar surface area (TPSA) is 20.3 Å². The van der Waals surface area contributed by atoms with E-state index in [1.54, 1.807) is 16.7 Å². The molecule has 0 aromatic heterocycles. The first-order valence-electron chi connectivity index (χ1n) is 6.74. The van der Waals surface area contributed by atoms with E-state index in [1.807, 2.05) is 37.4 Å².